The molecule has 0 spiro atoms. The van der Waals surface area contributed by atoms with E-state index in [1.165, 1.54) is 6.07 Å². The number of aromatic nitrogens is 2. The van der Waals surface area contributed by atoms with Crippen LogP contribution in [0.4, 0.5) is 4.39 Å². The Bertz CT molecular complexity index is 572. The number of nitriles is 1. The molecule has 1 aromatic carbocycles. The summed E-state index contributed by atoms with van der Waals surface area (Å²) < 4.78 is 15.8. The van der Waals surface area contributed by atoms with E-state index in [1.807, 2.05) is 16.8 Å². The second-order valence-electron chi connectivity index (χ2n) is 4.57. The number of unbranched alkanes of at least 4 members (excludes halogenated alkanes) is 1. The minimum atomic E-state index is -0.416. The van der Waals surface area contributed by atoms with Gasteiger partial charge < -0.3 is 9.88 Å². The monoisotopic (exact) mass is 272 g/mol. The van der Waals surface area contributed by atoms with Crippen molar-refractivity contribution in [2.24, 2.45) is 0 Å². The molecule has 1 N–H and O–H groups in total. The first kappa shape index (κ1) is 14.2. The highest BCUT2D eigenvalue weighted by atomic mass is 19.1. The van der Waals surface area contributed by atoms with Gasteiger partial charge in [0.05, 0.1) is 11.9 Å². The van der Waals surface area contributed by atoms with Crippen LogP contribution in [-0.4, -0.2) is 16.1 Å². The van der Waals surface area contributed by atoms with E-state index in [1.54, 1.807) is 24.7 Å². The number of rotatable bonds is 7. The molecule has 2 rings (SSSR count). The third-order valence-electron chi connectivity index (χ3n) is 3.09. The Labute approximate surface area is 117 Å². The SMILES string of the molecule is N#Cc1cccc(CNCCCCn2ccnc2)c1F. The zero-order valence-corrected chi connectivity index (χ0v) is 11.2. The third kappa shape index (κ3) is 3.90. The molecule has 20 heavy (non-hydrogen) atoms. The van der Waals surface area contributed by atoms with Gasteiger partial charge in [0.15, 0.2) is 0 Å². The maximum Gasteiger partial charge on any atom is 0.145 e. The Kier molecular flexibility index (Phi) is 5.27. The molecule has 0 aliphatic rings. The molecule has 0 atom stereocenters. The number of benzene rings is 1. The second-order valence-corrected chi connectivity index (χ2v) is 4.57. The number of hydrogen-bond donors (Lipinski definition) is 1. The fourth-order valence-corrected chi connectivity index (χ4v) is 1.99. The normalized spacial score (nSPS) is 10.4. The van der Waals surface area contributed by atoms with Gasteiger partial charge in [-0.25, -0.2) is 9.37 Å². The van der Waals surface area contributed by atoms with E-state index in [-0.39, 0.29) is 5.56 Å². The van der Waals surface area contributed by atoms with Crippen molar-refractivity contribution in [2.45, 2.75) is 25.9 Å². The van der Waals surface area contributed by atoms with Crippen LogP contribution in [0, 0.1) is 17.1 Å². The lowest BCUT2D eigenvalue weighted by atomic mass is 10.1. The lowest BCUT2D eigenvalue weighted by Crippen LogP contribution is -2.16. The van der Waals surface area contributed by atoms with E-state index in [4.69, 9.17) is 5.26 Å². The Morgan fingerprint density at radius 3 is 3.00 bits per heavy atom. The summed E-state index contributed by atoms with van der Waals surface area (Å²) in [4.78, 5) is 3.98. The number of imidazole rings is 1. The molecule has 0 fully saturated rings. The summed E-state index contributed by atoms with van der Waals surface area (Å²) in [6, 6.07) is 6.75. The van der Waals surface area contributed by atoms with Gasteiger partial charge >= 0.3 is 0 Å². The van der Waals surface area contributed by atoms with Crippen LogP contribution in [0.1, 0.15) is 24.0 Å². The first-order valence-electron chi connectivity index (χ1n) is 6.65. The van der Waals surface area contributed by atoms with Crippen molar-refractivity contribution in [3.05, 3.63) is 53.9 Å². The molecule has 0 radical (unpaired) electrons. The molecule has 1 heterocycles. The maximum atomic E-state index is 13.8. The second kappa shape index (κ2) is 7.41. The van der Waals surface area contributed by atoms with E-state index in [0.717, 1.165) is 25.9 Å². The first-order chi connectivity index (χ1) is 9.81. The van der Waals surface area contributed by atoms with Crippen molar-refractivity contribution in [1.82, 2.24) is 14.9 Å². The Balaban J connectivity index is 1.67. The summed E-state index contributed by atoms with van der Waals surface area (Å²) in [5.74, 6) is -0.416. The molecule has 0 saturated carbocycles. The number of halogens is 1. The molecular weight excluding hydrogens is 255 g/mol. The summed E-state index contributed by atoms with van der Waals surface area (Å²) in [5.41, 5.74) is 0.642. The van der Waals surface area contributed by atoms with Gasteiger partial charge in [0.2, 0.25) is 0 Å². The van der Waals surface area contributed by atoms with Crippen molar-refractivity contribution < 1.29 is 4.39 Å². The maximum absolute atomic E-state index is 13.8. The fourth-order valence-electron chi connectivity index (χ4n) is 1.99. The van der Waals surface area contributed by atoms with Gasteiger partial charge in [0, 0.05) is 31.0 Å². The fraction of sp³-hybridized carbons (Fsp3) is 0.333. The molecular formula is C15H17FN4. The van der Waals surface area contributed by atoms with Crippen LogP contribution in [0.15, 0.2) is 36.9 Å². The number of nitrogens with zero attached hydrogens (tertiary/aromatic N) is 3. The van der Waals surface area contributed by atoms with Crippen LogP contribution in [0.5, 0.6) is 0 Å². The van der Waals surface area contributed by atoms with E-state index in [2.05, 4.69) is 10.3 Å². The molecule has 104 valence electrons. The first-order valence-corrected chi connectivity index (χ1v) is 6.65. The van der Waals surface area contributed by atoms with E-state index in [9.17, 15) is 4.39 Å². The summed E-state index contributed by atoms with van der Waals surface area (Å²) in [5, 5.41) is 12.0. The minimum absolute atomic E-state index is 0.101. The number of nitrogens with one attached hydrogen (secondary N) is 1. The van der Waals surface area contributed by atoms with E-state index < -0.39 is 5.82 Å². The molecule has 0 unspecified atom stereocenters. The average Bonchev–Trinajstić information content (AvgIpc) is 2.97. The minimum Gasteiger partial charge on any atom is -0.337 e. The highest BCUT2D eigenvalue weighted by molar-refractivity contribution is 5.34. The molecule has 0 amide bonds. The Hall–Kier alpha value is -2.19. The van der Waals surface area contributed by atoms with Crippen LogP contribution in [0.25, 0.3) is 0 Å². The van der Waals surface area contributed by atoms with Crippen molar-refractivity contribution in [3.63, 3.8) is 0 Å². The molecule has 0 aliphatic carbocycles. The van der Waals surface area contributed by atoms with Gasteiger partial charge in [-0.3, -0.25) is 0 Å². The van der Waals surface area contributed by atoms with Crippen LogP contribution >= 0.6 is 0 Å². The van der Waals surface area contributed by atoms with Crippen LogP contribution < -0.4 is 5.32 Å². The lowest BCUT2D eigenvalue weighted by molar-refractivity contribution is 0.551. The topological polar surface area (TPSA) is 53.6 Å². The molecule has 0 saturated heterocycles. The van der Waals surface area contributed by atoms with Crippen LogP contribution in [0.2, 0.25) is 0 Å². The smallest absolute Gasteiger partial charge is 0.145 e. The zero-order chi connectivity index (χ0) is 14.2. The number of hydrogen-bond acceptors (Lipinski definition) is 3. The summed E-state index contributed by atoms with van der Waals surface area (Å²) in [7, 11) is 0. The highest BCUT2D eigenvalue weighted by Gasteiger charge is 2.06. The van der Waals surface area contributed by atoms with Gasteiger partial charge in [-0.15, -0.1) is 0 Å². The standard InChI is InChI=1S/C15H17FN4/c16-15-13(10-17)4-3-5-14(15)11-18-6-1-2-8-20-9-7-19-12-20/h3-5,7,9,12,18H,1-2,6,8,11H2. The lowest BCUT2D eigenvalue weighted by Gasteiger charge is -2.07. The predicted octanol–water partition coefficient (Wildman–Crippen LogP) is 2.46. The molecule has 4 nitrogen and oxygen atoms in total. The molecule has 5 heteroatoms. The number of aryl methyl sites for hydroxylation is 1. The van der Waals surface area contributed by atoms with Gasteiger partial charge in [0.25, 0.3) is 0 Å². The molecule has 0 bridgehead atoms. The van der Waals surface area contributed by atoms with E-state index >= 15 is 0 Å². The summed E-state index contributed by atoms with van der Waals surface area (Å²) in [6.45, 7) is 2.22. The quantitative estimate of drug-likeness (QED) is 0.788. The zero-order valence-electron chi connectivity index (χ0n) is 11.2. The van der Waals surface area contributed by atoms with Crippen molar-refractivity contribution in [2.75, 3.05) is 6.54 Å². The van der Waals surface area contributed by atoms with Gasteiger partial charge in [0.1, 0.15) is 11.9 Å². The Morgan fingerprint density at radius 2 is 2.25 bits per heavy atom. The van der Waals surface area contributed by atoms with Gasteiger partial charge in [-0.2, -0.15) is 5.26 Å². The average molecular weight is 272 g/mol. The summed E-state index contributed by atoms with van der Waals surface area (Å²) >= 11 is 0. The molecule has 2 aromatic rings. The van der Waals surface area contributed by atoms with Gasteiger partial charge in [-0.1, -0.05) is 12.1 Å². The molecule has 0 aliphatic heterocycles. The Morgan fingerprint density at radius 1 is 1.35 bits per heavy atom. The van der Waals surface area contributed by atoms with Crippen LogP contribution in [0.3, 0.4) is 0 Å². The predicted molar refractivity (Wildman–Crippen MR) is 74.3 cm³/mol. The van der Waals surface area contributed by atoms with Crippen LogP contribution in [-0.2, 0) is 13.1 Å². The summed E-state index contributed by atoms with van der Waals surface area (Å²) in [6.07, 6.45) is 7.57. The van der Waals surface area contributed by atoms with Crippen molar-refractivity contribution in [3.8, 4) is 6.07 Å². The largest absolute Gasteiger partial charge is 0.337 e. The van der Waals surface area contributed by atoms with Crippen molar-refractivity contribution >= 4 is 0 Å². The highest BCUT2D eigenvalue weighted by Crippen LogP contribution is 2.11. The van der Waals surface area contributed by atoms with E-state index in [0.29, 0.717) is 12.1 Å². The third-order valence-corrected chi connectivity index (χ3v) is 3.09. The van der Waals surface area contributed by atoms with Gasteiger partial charge in [-0.05, 0) is 25.5 Å². The molecule has 1 aromatic heterocycles. The van der Waals surface area contributed by atoms with Crippen molar-refractivity contribution in [1.29, 1.82) is 5.26 Å².